The topological polar surface area (TPSA) is 84.9 Å². The SMILES string of the molecule is COCC(C)CC(CNC(=O)OCc1ccccc1)C(=O)O. The van der Waals surface area contributed by atoms with Gasteiger partial charge >= 0.3 is 12.1 Å². The fourth-order valence-electron chi connectivity index (χ4n) is 2.09. The van der Waals surface area contributed by atoms with Crippen molar-refractivity contribution in [1.29, 1.82) is 0 Å². The highest BCUT2D eigenvalue weighted by Gasteiger charge is 2.21. The Morgan fingerprint density at radius 3 is 2.55 bits per heavy atom. The van der Waals surface area contributed by atoms with Crippen LogP contribution in [-0.4, -0.2) is 37.4 Å². The summed E-state index contributed by atoms with van der Waals surface area (Å²) in [5, 5.41) is 11.7. The van der Waals surface area contributed by atoms with Gasteiger partial charge in [-0.3, -0.25) is 4.79 Å². The second-order valence-corrected chi connectivity index (χ2v) is 5.27. The van der Waals surface area contributed by atoms with Crippen molar-refractivity contribution in [3.8, 4) is 0 Å². The Morgan fingerprint density at radius 1 is 1.27 bits per heavy atom. The van der Waals surface area contributed by atoms with Gasteiger partial charge in [-0.2, -0.15) is 0 Å². The van der Waals surface area contributed by atoms with E-state index in [0.29, 0.717) is 13.0 Å². The van der Waals surface area contributed by atoms with Crippen molar-refractivity contribution in [2.24, 2.45) is 11.8 Å². The molecule has 1 aromatic carbocycles. The van der Waals surface area contributed by atoms with Crippen LogP contribution in [0.2, 0.25) is 0 Å². The average molecular weight is 309 g/mol. The molecule has 0 aromatic heterocycles. The van der Waals surface area contributed by atoms with Gasteiger partial charge in [-0.15, -0.1) is 0 Å². The zero-order chi connectivity index (χ0) is 16.4. The van der Waals surface area contributed by atoms with Crippen LogP contribution in [0.5, 0.6) is 0 Å². The summed E-state index contributed by atoms with van der Waals surface area (Å²) in [5.41, 5.74) is 0.876. The summed E-state index contributed by atoms with van der Waals surface area (Å²) in [4.78, 5) is 22.8. The number of carbonyl (C=O) groups excluding carboxylic acids is 1. The Balaban J connectivity index is 2.34. The van der Waals surface area contributed by atoms with Gasteiger partial charge in [0.05, 0.1) is 5.92 Å². The fraction of sp³-hybridized carbons (Fsp3) is 0.500. The first kappa shape index (κ1) is 18.0. The maximum atomic E-state index is 11.6. The number of carboxylic acids is 1. The van der Waals surface area contributed by atoms with Crippen molar-refractivity contribution in [2.45, 2.75) is 20.0 Å². The van der Waals surface area contributed by atoms with Gasteiger partial charge in [-0.25, -0.2) is 4.79 Å². The van der Waals surface area contributed by atoms with Crippen molar-refractivity contribution in [3.05, 3.63) is 35.9 Å². The summed E-state index contributed by atoms with van der Waals surface area (Å²) in [6, 6.07) is 9.28. The lowest BCUT2D eigenvalue weighted by Crippen LogP contribution is -2.34. The number of alkyl carbamates (subject to hydrolysis) is 1. The number of amides is 1. The Labute approximate surface area is 130 Å². The summed E-state index contributed by atoms with van der Waals surface area (Å²) in [5.74, 6) is -1.49. The number of carbonyl (C=O) groups is 2. The van der Waals surface area contributed by atoms with Crippen LogP contribution >= 0.6 is 0 Å². The number of rotatable bonds is 9. The van der Waals surface area contributed by atoms with E-state index < -0.39 is 18.0 Å². The van der Waals surface area contributed by atoms with Crippen LogP contribution in [-0.2, 0) is 20.9 Å². The average Bonchev–Trinajstić information content (AvgIpc) is 2.50. The smallest absolute Gasteiger partial charge is 0.407 e. The van der Waals surface area contributed by atoms with Crippen LogP contribution in [0.3, 0.4) is 0 Å². The third-order valence-electron chi connectivity index (χ3n) is 3.19. The number of hydrogen-bond acceptors (Lipinski definition) is 4. The molecule has 2 N–H and O–H groups in total. The fourth-order valence-corrected chi connectivity index (χ4v) is 2.09. The lowest BCUT2D eigenvalue weighted by atomic mass is 9.96. The van der Waals surface area contributed by atoms with E-state index in [0.717, 1.165) is 5.56 Å². The Bertz CT molecular complexity index is 463. The van der Waals surface area contributed by atoms with Crippen molar-refractivity contribution in [2.75, 3.05) is 20.3 Å². The quantitative estimate of drug-likeness (QED) is 0.731. The molecule has 122 valence electrons. The molecule has 22 heavy (non-hydrogen) atoms. The van der Waals surface area contributed by atoms with Gasteiger partial charge in [0.25, 0.3) is 0 Å². The van der Waals surface area contributed by atoms with E-state index in [9.17, 15) is 14.7 Å². The van der Waals surface area contributed by atoms with Crippen LogP contribution in [0.25, 0.3) is 0 Å². The third kappa shape index (κ3) is 7.08. The largest absolute Gasteiger partial charge is 0.481 e. The highest BCUT2D eigenvalue weighted by Crippen LogP contribution is 2.12. The minimum atomic E-state index is -0.939. The lowest BCUT2D eigenvalue weighted by molar-refractivity contribution is -0.142. The third-order valence-corrected chi connectivity index (χ3v) is 3.19. The number of nitrogens with one attached hydrogen (secondary N) is 1. The summed E-state index contributed by atoms with van der Waals surface area (Å²) < 4.78 is 10.0. The van der Waals surface area contributed by atoms with E-state index in [4.69, 9.17) is 9.47 Å². The van der Waals surface area contributed by atoms with Gasteiger partial charge in [0.2, 0.25) is 0 Å². The molecule has 0 spiro atoms. The number of methoxy groups -OCH3 is 1. The van der Waals surface area contributed by atoms with Crippen LogP contribution in [0, 0.1) is 11.8 Å². The van der Waals surface area contributed by atoms with Gasteiger partial charge in [0, 0.05) is 20.3 Å². The molecule has 6 nitrogen and oxygen atoms in total. The molecule has 0 saturated heterocycles. The van der Waals surface area contributed by atoms with E-state index in [-0.39, 0.29) is 19.1 Å². The Hall–Kier alpha value is -2.08. The molecule has 0 bridgehead atoms. The molecule has 0 radical (unpaired) electrons. The summed E-state index contributed by atoms with van der Waals surface area (Å²) in [6.45, 7) is 2.59. The molecule has 2 unspecified atom stereocenters. The van der Waals surface area contributed by atoms with Crippen molar-refractivity contribution in [1.82, 2.24) is 5.32 Å². The molecular formula is C16H23NO5. The second-order valence-electron chi connectivity index (χ2n) is 5.27. The highest BCUT2D eigenvalue weighted by molar-refractivity contribution is 5.72. The van der Waals surface area contributed by atoms with Gasteiger partial charge in [-0.05, 0) is 17.9 Å². The maximum absolute atomic E-state index is 11.6. The Morgan fingerprint density at radius 2 is 1.95 bits per heavy atom. The zero-order valence-electron chi connectivity index (χ0n) is 13.0. The first-order valence-corrected chi connectivity index (χ1v) is 7.19. The first-order valence-electron chi connectivity index (χ1n) is 7.19. The number of ether oxygens (including phenoxy) is 2. The minimum absolute atomic E-state index is 0.0387. The highest BCUT2D eigenvalue weighted by atomic mass is 16.5. The summed E-state index contributed by atoms with van der Waals surface area (Å²) in [6.07, 6.45) is -0.184. The number of hydrogen-bond donors (Lipinski definition) is 2. The van der Waals surface area contributed by atoms with Crippen LogP contribution in [0.1, 0.15) is 18.9 Å². The molecule has 0 aliphatic carbocycles. The molecule has 6 heteroatoms. The lowest BCUT2D eigenvalue weighted by Gasteiger charge is -2.17. The molecule has 0 aliphatic heterocycles. The predicted molar refractivity (Wildman–Crippen MR) is 81.4 cm³/mol. The van der Waals surface area contributed by atoms with Crippen molar-refractivity contribution in [3.63, 3.8) is 0 Å². The van der Waals surface area contributed by atoms with Gasteiger partial charge in [0.15, 0.2) is 0 Å². The molecular weight excluding hydrogens is 286 g/mol. The standard InChI is InChI=1S/C16H23NO5/c1-12(10-21-2)8-14(15(18)19)9-17-16(20)22-11-13-6-4-3-5-7-13/h3-7,12,14H,8-11H2,1-2H3,(H,17,20)(H,18,19). The van der Waals surface area contributed by atoms with Gasteiger partial charge < -0.3 is 19.9 Å². The van der Waals surface area contributed by atoms with Crippen LogP contribution in [0.15, 0.2) is 30.3 Å². The summed E-state index contributed by atoms with van der Waals surface area (Å²) >= 11 is 0. The minimum Gasteiger partial charge on any atom is -0.481 e. The normalized spacial score (nSPS) is 13.2. The number of aliphatic carboxylic acids is 1. The molecule has 1 aromatic rings. The molecule has 2 atom stereocenters. The molecule has 0 heterocycles. The van der Waals surface area contributed by atoms with Crippen LogP contribution < -0.4 is 5.32 Å². The van der Waals surface area contributed by atoms with Crippen molar-refractivity contribution >= 4 is 12.1 Å². The number of carboxylic acid groups (broad SMARTS) is 1. The summed E-state index contributed by atoms with van der Waals surface area (Å²) in [7, 11) is 1.57. The zero-order valence-corrected chi connectivity index (χ0v) is 13.0. The van der Waals surface area contributed by atoms with E-state index in [1.807, 2.05) is 37.3 Å². The monoisotopic (exact) mass is 309 g/mol. The maximum Gasteiger partial charge on any atom is 0.407 e. The van der Waals surface area contributed by atoms with E-state index in [1.54, 1.807) is 7.11 Å². The van der Waals surface area contributed by atoms with E-state index in [2.05, 4.69) is 5.32 Å². The predicted octanol–water partition coefficient (Wildman–Crippen LogP) is 2.29. The number of benzene rings is 1. The van der Waals surface area contributed by atoms with E-state index >= 15 is 0 Å². The van der Waals surface area contributed by atoms with Gasteiger partial charge in [0.1, 0.15) is 6.61 Å². The molecule has 1 rings (SSSR count). The Kier molecular flexibility index (Phi) is 7.99. The second kappa shape index (κ2) is 9.78. The molecule has 0 saturated carbocycles. The van der Waals surface area contributed by atoms with E-state index in [1.165, 1.54) is 0 Å². The molecule has 0 fully saturated rings. The molecule has 1 amide bonds. The van der Waals surface area contributed by atoms with Crippen LogP contribution in [0.4, 0.5) is 4.79 Å². The first-order chi connectivity index (χ1) is 10.5. The van der Waals surface area contributed by atoms with Crippen molar-refractivity contribution < 1.29 is 24.2 Å². The molecule has 0 aliphatic rings. The van der Waals surface area contributed by atoms with Gasteiger partial charge in [-0.1, -0.05) is 37.3 Å².